The van der Waals surface area contributed by atoms with Gasteiger partial charge in [0.05, 0.1) is 11.4 Å². The minimum atomic E-state index is -1.04. The number of fused-ring (bicyclic) bond motifs is 1. The van der Waals surface area contributed by atoms with Gasteiger partial charge in [-0.05, 0) is 17.9 Å². The molecule has 3 rings (SSSR count). The second kappa shape index (κ2) is 5.36. The van der Waals surface area contributed by atoms with Gasteiger partial charge in [-0.25, -0.2) is 9.48 Å². The molecule has 1 aromatic heterocycles. The van der Waals surface area contributed by atoms with Crippen LogP contribution in [0.4, 0.5) is 0 Å². The van der Waals surface area contributed by atoms with Crippen LogP contribution in [0.15, 0.2) is 42.5 Å². The smallest absolute Gasteiger partial charge is 0.358 e. The molecule has 21 heavy (non-hydrogen) atoms. The molecule has 5 nitrogen and oxygen atoms in total. The topological polar surface area (TPSA) is 68.0 Å². The Balaban J connectivity index is 2.26. The van der Waals surface area contributed by atoms with Crippen molar-refractivity contribution in [3.05, 3.63) is 53.9 Å². The molecule has 0 radical (unpaired) electrons. The Morgan fingerprint density at radius 2 is 1.95 bits per heavy atom. The maximum Gasteiger partial charge on any atom is 0.358 e. The molecule has 0 aliphatic heterocycles. The molecule has 0 atom stereocenters. The first-order chi connectivity index (χ1) is 10.2. The van der Waals surface area contributed by atoms with Crippen LogP contribution in [-0.4, -0.2) is 26.1 Å². The van der Waals surface area contributed by atoms with Gasteiger partial charge in [0.2, 0.25) is 0 Å². The second-order valence-electron chi connectivity index (χ2n) is 4.85. The van der Waals surface area contributed by atoms with Crippen molar-refractivity contribution in [3.63, 3.8) is 0 Å². The maximum absolute atomic E-state index is 11.3. The first kappa shape index (κ1) is 13.3. The molecule has 0 spiro atoms. The van der Waals surface area contributed by atoms with Gasteiger partial charge in [-0.15, -0.1) is 5.10 Å². The van der Waals surface area contributed by atoms with Crippen LogP contribution in [0, 0.1) is 0 Å². The van der Waals surface area contributed by atoms with E-state index >= 15 is 0 Å². The van der Waals surface area contributed by atoms with E-state index in [-0.39, 0.29) is 5.69 Å². The summed E-state index contributed by atoms with van der Waals surface area (Å²) in [4.78, 5) is 11.3. The van der Waals surface area contributed by atoms with Gasteiger partial charge in [0.1, 0.15) is 0 Å². The molecular weight excluding hydrogens is 266 g/mol. The molecule has 1 heterocycles. The lowest BCUT2D eigenvalue weighted by molar-refractivity contribution is 0.0689. The van der Waals surface area contributed by atoms with Gasteiger partial charge in [-0.3, -0.25) is 0 Å². The molecule has 106 valence electrons. The Morgan fingerprint density at radius 1 is 1.19 bits per heavy atom. The summed E-state index contributed by atoms with van der Waals surface area (Å²) in [5.41, 5.74) is 1.53. The Kier molecular flexibility index (Phi) is 3.39. The molecule has 0 unspecified atom stereocenters. The van der Waals surface area contributed by atoms with E-state index < -0.39 is 5.97 Å². The Bertz CT molecular complexity index is 803. The summed E-state index contributed by atoms with van der Waals surface area (Å²) in [5, 5.41) is 19.3. The molecular formula is C16H15N3O2. The van der Waals surface area contributed by atoms with Crippen LogP contribution in [0.5, 0.6) is 0 Å². The summed E-state index contributed by atoms with van der Waals surface area (Å²) in [6.07, 6.45) is 1.45. The highest BCUT2D eigenvalue weighted by Gasteiger charge is 2.19. The van der Waals surface area contributed by atoms with Crippen molar-refractivity contribution in [2.45, 2.75) is 19.8 Å². The molecule has 0 saturated carbocycles. The molecule has 0 amide bonds. The van der Waals surface area contributed by atoms with E-state index in [1.54, 1.807) is 4.68 Å². The van der Waals surface area contributed by atoms with Crippen LogP contribution in [-0.2, 0) is 6.42 Å². The summed E-state index contributed by atoms with van der Waals surface area (Å²) in [7, 11) is 0. The minimum Gasteiger partial charge on any atom is -0.476 e. The van der Waals surface area contributed by atoms with Crippen molar-refractivity contribution < 1.29 is 9.90 Å². The molecule has 1 N–H and O–H groups in total. The number of aromatic carboxylic acids is 1. The molecule has 5 heteroatoms. The summed E-state index contributed by atoms with van der Waals surface area (Å²) >= 11 is 0. The van der Waals surface area contributed by atoms with E-state index in [1.165, 1.54) is 0 Å². The van der Waals surface area contributed by atoms with Crippen molar-refractivity contribution >= 4 is 16.7 Å². The highest BCUT2D eigenvalue weighted by atomic mass is 16.4. The highest BCUT2D eigenvalue weighted by Crippen LogP contribution is 2.24. The predicted molar refractivity (Wildman–Crippen MR) is 79.8 cm³/mol. The summed E-state index contributed by atoms with van der Waals surface area (Å²) < 4.78 is 1.65. The van der Waals surface area contributed by atoms with E-state index in [1.807, 2.05) is 49.4 Å². The number of hydrogen-bond acceptors (Lipinski definition) is 3. The van der Waals surface area contributed by atoms with E-state index in [0.29, 0.717) is 12.1 Å². The molecule has 0 saturated heterocycles. The number of nitrogens with zero attached hydrogens (tertiary/aromatic N) is 3. The van der Waals surface area contributed by atoms with Gasteiger partial charge in [0, 0.05) is 5.39 Å². The fourth-order valence-corrected chi connectivity index (χ4v) is 2.52. The zero-order valence-corrected chi connectivity index (χ0v) is 11.7. The van der Waals surface area contributed by atoms with E-state index in [0.717, 1.165) is 22.9 Å². The third-order valence-electron chi connectivity index (χ3n) is 3.45. The first-order valence-corrected chi connectivity index (χ1v) is 6.88. The lowest BCUT2D eigenvalue weighted by Gasteiger charge is -2.09. The predicted octanol–water partition coefficient (Wildman–Crippen LogP) is 3.07. The normalized spacial score (nSPS) is 10.9. The lowest BCUT2D eigenvalue weighted by Crippen LogP contribution is -2.07. The summed E-state index contributed by atoms with van der Waals surface area (Å²) in [6, 6.07) is 13.9. The molecule has 0 fully saturated rings. The first-order valence-electron chi connectivity index (χ1n) is 6.88. The van der Waals surface area contributed by atoms with Gasteiger partial charge in [0.25, 0.3) is 0 Å². The van der Waals surface area contributed by atoms with Crippen LogP contribution in [0.3, 0.4) is 0 Å². The number of carbonyl (C=O) groups is 1. The molecule has 3 aromatic rings. The zero-order valence-electron chi connectivity index (χ0n) is 11.7. The van der Waals surface area contributed by atoms with Gasteiger partial charge in [-0.1, -0.05) is 55.0 Å². The van der Waals surface area contributed by atoms with Crippen molar-refractivity contribution in [2.24, 2.45) is 0 Å². The fraction of sp³-hybridized carbons (Fsp3) is 0.188. The standard InChI is InChI=1S/C16H15N3O2/c1-2-6-14-15(16(20)21)17-18-19(14)13-10-5-8-11-7-3-4-9-12(11)13/h3-5,7-10H,2,6H2,1H3,(H,20,21). The molecule has 2 aromatic carbocycles. The zero-order chi connectivity index (χ0) is 14.8. The average Bonchev–Trinajstić information content (AvgIpc) is 2.91. The monoisotopic (exact) mass is 281 g/mol. The molecule has 0 aliphatic rings. The van der Waals surface area contributed by atoms with Gasteiger partial charge < -0.3 is 5.11 Å². The number of benzene rings is 2. The maximum atomic E-state index is 11.3. The van der Waals surface area contributed by atoms with E-state index in [4.69, 9.17) is 0 Å². The third-order valence-corrected chi connectivity index (χ3v) is 3.45. The number of hydrogen-bond donors (Lipinski definition) is 1. The van der Waals surface area contributed by atoms with Crippen LogP contribution in [0.2, 0.25) is 0 Å². The van der Waals surface area contributed by atoms with Crippen LogP contribution < -0.4 is 0 Å². The van der Waals surface area contributed by atoms with Crippen molar-refractivity contribution in [2.75, 3.05) is 0 Å². The highest BCUT2D eigenvalue weighted by molar-refractivity contribution is 5.91. The lowest BCUT2D eigenvalue weighted by atomic mass is 10.1. The van der Waals surface area contributed by atoms with Gasteiger partial charge >= 0.3 is 5.97 Å². The minimum absolute atomic E-state index is 0.0322. The largest absolute Gasteiger partial charge is 0.476 e. The van der Waals surface area contributed by atoms with Crippen LogP contribution in [0.1, 0.15) is 29.5 Å². The number of carboxylic acid groups (broad SMARTS) is 1. The van der Waals surface area contributed by atoms with E-state index in [2.05, 4.69) is 10.3 Å². The quantitative estimate of drug-likeness (QED) is 0.798. The molecule has 0 bridgehead atoms. The Hall–Kier alpha value is -2.69. The summed E-state index contributed by atoms with van der Waals surface area (Å²) in [5.74, 6) is -1.04. The van der Waals surface area contributed by atoms with Crippen molar-refractivity contribution in [1.82, 2.24) is 15.0 Å². The number of aromatic nitrogens is 3. The third kappa shape index (κ3) is 2.27. The Labute approximate surface area is 121 Å². The number of rotatable bonds is 4. The van der Waals surface area contributed by atoms with Gasteiger partial charge in [-0.2, -0.15) is 0 Å². The van der Waals surface area contributed by atoms with Crippen LogP contribution >= 0.6 is 0 Å². The fourth-order valence-electron chi connectivity index (χ4n) is 2.52. The average molecular weight is 281 g/mol. The SMILES string of the molecule is CCCc1c(C(=O)O)nnn1-c1cccc2ccccc12. The molecule has 0 aliphatic carbocycles. The second-order valence-corrected chi connectivity index (χ2v) is 4.85. The van der Waals surface area contributed by atoms with Crippen molar-refractivity contribution in [1.29, 1.82) is 0 Å². The Morgan fingerprint density at radius 3 is 2.71 bits per heavy atom. The van der Waals surface area contributed by atoms with Gasteiger partial charge in [0.15, 0.2) is 5.69 Å². The van der Waals surface area contributed by atoms with E-state index in [9.17, 15) is 9.90 Å². The number of carboxylic acids is 1. The van der Waals surface area contributed by atoms with Crippen molar-refractivity contribution in [3.8, 4) is 5.69 Å². The summed E-state index contributed by atoms with van der Waals surface area (Å²) in [6.45, 7) is 2.01. The van der Waals surface area contributed by atoms with Crippen LogP contribution in [0.25, 0.3) is 16.5 Å².